The van der Waals surface area contributed by atoms with Crippen LogP contribution in [-0.4, -0.2) is 10.9 Å². The molecule has 1 aromatic heterocycles. The highest BCUT2D eigenvalue weighted by atomic mass is 32.1. The molecule has 4 heteroatoms. The van der Waals surface area contributed by atoms with Crippen molar-refractivity contribution < 1.29 is 4.79 Å². The Kier molecular flexibility index (Phi) is 5.32. The van der Waals surface area contributed by atoms with E-state index in [-0.39, 0.29) is 11.3 Å². The highest BCUT2D eigenvalue weighted by Gasteiger charge is 2.54. The number of anilines is 1. The monoisotopic (exact) mass is 490 g/mol. The van der Waals surface area contributed by atoms with Gasteiger partial charge >= 0.3 is 0 Å². The number of aromatic nitrogens is 1. The van der Waals surface area contributed by atoms with E-state index < -0.39 is 0 Å². The van der Waals surface area contributed by atoms with E-state index in [0.29, 0.717) is 0 Å². The molecule has 0 unspecified atom stereocenters. The molecule has 8 rings (SSSR count). The molecule has 4 bridgehead atoms. The van der Waals surface area contributed by atoms with E-state index in [9.17, 15) is 4.79 Å². The van der Waals surface area contributed by atoms with E-state index >= 15 is 0 Å². The van der Waals surface area contributed by atoms with Crippen LogP contribution in [0.2, 0.25) is 0 Å². The van der Waals surface area contributed by atoms with Crippen LogP contribution in [0.25, 0.3) is 32.8 Å². The van der Waals surface area contributed by atoms with Gasteiger partial charge in [0.2, 0.25) is 5.91 Å². The molecule has 4 saturated carbocycles. The first-order chi connectivity index (χ1) is 17.6. The van der Waals surface area contributed by atoms with Gasteiger partial charge < -0.3 is 5.32 Å². The lowest BCUT2D eigenvalue weighted by molar-refractivity contribution is -0.140. The van der Waals surface area contributed by atoms with Crippen molar-refractivity contribution in [2.24, 2.45) is 23.2 Å². The molecule has 3 aromatic carbocycles. The van der Waals surface area contributed by atoms with E-state index in [0.717, 1.165) is 63.8 Å². The van der Waals surface area contributed by atoms with Crippen LogP contribution < -0.4 is 5.32 Å². The summed E-state index contributed by atoms with van der Waals surface area (Å²) in [6, 6.07) is 29.5. The van der Waals surface area contributed by atoms with Gasteiger partial charge in [0.25, 0.3) is 0 Å². The first-order valence-electron chi connectivity index (χ1n) is 13.2. The summed E-state index contributed by atoms with van der Waals surface area (Å²) in [6.45, 7) is 0. The first kappa shape index (κ1) is 22.0. The Morgan fingerprint density at radius 2 is 1.19 bits per heavy atom. The van der Waals surface area contributed by atoms with E-state index in [4.69, 9.17) is 4.98 Å². The minimum atomic E-state index is -0.176. The summed E-state index contributed by atoms with van der Waals surface area (Å²) in [5.74, 6) is 2.45. The third-order valence-electron chi connectivity index (χ3n) is 8.67. The SMILES string of the molecule is O=C(Nc1nc(-c2ccccc2)c(-c2ccc(-c3ccccc3)cc2)s1)C12CC3CC(CC(C3)C1)C2. The zero-order chi connectivity index (χ0) is 24.1. The molecule has 0 saturated heterocycles. The summed E-state index contributed by atoms with van der Waals surface area (Å²) in [4.78, 5) is 19.8. The molecule has 0 spiro atoms. The zero-order valence-corrected chi connectivity index (χ0v) is 21.1. The van der Waals surface area contributed by atoms with Crippen LogP contribution in [-0.2, 0) is 4.79 Å². The number of thiazole rings is 1. The van der Waals surface area contributed by atoms with Crippen LogP contribution in [0, 0.1) is 23.2 Å². The third-order valence-corrected chi connectivity index (χ3v) is 9.69. The Morgan fingerprint density at radius 3 is 1.78 bits per heavy atom. The van der Waals surface area contributed by atoms with Crippen molar-refractivity contribution in [2.75, 3.05) is 5.32 Å². The summed E-state index contributed by atoms with van der Waals surface area (Å²) < 4.78 is 0. The molecular formula is C32H30N2OS. The predicted molar refractivity (Wildman–Crippen MR) is 148 cm³/mol. The van der Waals surface area contributed by atoms with E-state index in [1.165, 1.54) is 30.4 Å². The van der Waals surface area contributed by atoms with Crippen molar-refractivity contribution in [1.29, 1.82) is 0 Å². The largest absolute Gasteiger partial charge is 0.301 e. The van der Waals surface area contributed by atoms with Crippen LogP contribution in [0.15, 0.2) is 84.9 Å². The van der Waals surface area contributed by atoms with E-state index in [2.05, 4.69) is 66.0 Å². The van der Waals surface area contributed by atoms with Gasteiger partial charge in [-0.2, -0.15) is 0 Å². The third kappa shape index (κ3) is 3.88. The molecule has 4 aliphatic carbocycles. The van der Waals surface area contributed by atoms with Crippen molar-refractivity contribution in [1.82, 2.24) is 4.98 Å². The average Bonchev–Trinajstić information content (AvgIpc) is 3.33. The average molecular weight is 491 g/mol. The summed E-state index contributed by atoms with van der Waals surface area (Å²) in [5.41, 5.74) is 5.37. The summed E-state index contributed by atoms with van der Waals surface area (Å²) in [5, 5.41) is 4.02. The van der Waals surface area contributed by atoms with Gasteiger partial charge in [-0.05, 0) is 73.0 Å². The van der Waals surface area contributed by atoms with Crippen molar-refractivity contribution in [3.05, 3.63) is 84.9 Å². The fourth-order valence-electron chi connectivity index (χ4n) is 7.42. The minimum absolute atomic E-state index is 0.176. The van der Waals surface area contributed by atoms with E-state index in [1.54, 1.807) is 11.3 Å². The highest BCUT2D eigenvalue weighted by Crippen LogP contribution is 2.60. The predicted octanol–water partition coefficient (Wildman–Crippen LogP) is 8.30. The van der Waals surface area contributed by atoms with Crippen LogP contribution in [0.1, 0.15) is 38.5 Å². The normalized spacial score (nSPS) is 26.2. The fraction of sp³-hybridized carbons (Fsp3) is 0.312. The number of benzene rings is 3. The number of hydrogen-bond acceptors (Lipinski definition) is 3. The van der Waals surface area contributed by atoms with Gasteiger partial charge in [0.05, 0.1) is 16.0 Å². The molecule has 4 aromatic rings. The maximum atomic E-state index is 13.7. The lowest BCUT2D eigenvalue weighted by atomic mass is 9.49. The van der Waals surface area contributed by atoms with Gasteiger partial charge in [-0.15, -0.1) is 0 Å². The van der Waals surface area contributed by atoms with Crippen molar-refractivity contribution >= 4 is 22.4 Å². The highest BCUT2D eigenvalue weighted by molar-refractivity contribution is 7.19. The van der Waals surface area contributed by atoms with E-state index in [1.807, 2.05) is 24.3 Å². The summed E-state index contributed by atoms with van der Waals surface area (Å²) in [6.07, 6.45) is 7.21. The standard InChI is InChI=1S/C32H30N2OS/c35-30(32-18-21-15-22(19-32)17-23(16-21)20-32)34-31-33-28(26-9-5-2-6-10-26)29(36-31)27-13-11-25(12-14-27)24-7-3-1-4-8-24/h1-14,21-23H,15-20H2,(H,33,34,35). The number of hydrogen-bond donors (Lipinski definition) is 1. The quantitative estimate of drug-likeness (QED) is 0.306. The molecule has 0 radical (unpaired) electrons. The van der Waals surface area contributed by atoms with Gasteiger partial charge in [-0.3, -0.25) is 4.79 Å². The van der Waals surface area contributed by atoms with Crippen molar-refractivity contribution in [3.63, 3.8) is 0 Å². The Balaban J connectivity index is 1.21. The van der Waals surface area contributed by atoms with Crippen LogP contribution in [0.4, 0.5) is 5.13 Å². The maximum absolute atomic E-state index is 13.7. The van der Waals surface area contributed by atoms with Crippen LogP contribution in [0.5, 0.6) is 0 Å². The summed E-state index contributed by atoms with van der Waals surface area (Å²) in [7, 11) is 0. The second-order valence-corrected chi connectivity index (χ2v) is 12.2. The Hall–Kier alpha value is -3.24. The van der Waals surface area contributed by atoms with Crippen molar-refractivity contribution in [2.45, 2.75) is 38.5 Å². The van der Waals surface area contributed by atoms with Gasteiger partial charge in [0, 0.05) is 5.56 Å². The molecule has 1 heterocycles. The van der Waals surface area contributed by atoms with Crippen molar-refractivity contribution in [3.8, 4) is 32.8 Å². The molecule has 4 fully saturated rings. The molecule has 3 nitrogen and oxygen atoms in total. The van der Waals surface area contributed by atoms with Gasteiger partial charge in [0.15, 0.2) is 5.13 Å². The van der Waals surface area contributed by atoms with Crippen LogP contribution >= 0.6 is 11.3 Å². The van der Waals surface area contributed by atoms with Gasteiger partial charge in [-0.1, -0.05) is 96.3 Å². The number of carbonyl (C=O) groups is 1. The number of nitrogens with zero attached hydrogens (tertiary/aromatic N) is 1. The first-order valence-corrected chi connectivity index (χ1v) is 14.0. The molecule has 1 amide bonds. The molecule has 1 N–H and O–H groups in total. The molecule has 36 heavy (non-hydrogen) atoms. The molecule has 180 valence electrons. The second-order valence-electron chi connectivity index (χ2n) is 11.2. The Labute approximate surface area is 216 Å². The zero-order valence-electron chi connectivity index (χ0n) is 20.3. The number of amides is 1. The lowest BCUT2D eigenvalue weighted by Gasteiger charge is -2.55. The smallest absolute Gasteiger partial charge is 0.232 e. The maximum Gasteiger partial charge on any atom is 0.232 e. The van der Waals surface area contributed by atoms with Gasteiger partial charge in [-0.25, -0.2) is 4.98 Å². The van der Waals surface area contributed by atoms with Gasteiger partial charge in [0.1, 0.15) is 0 Å². The van der Waals surface area contributed by atoms with Crippen LogP contribution in [0.3, 0.4) is 0 Å². The number of nitrogens with one attached hydrogen (secondary N) is 1. The molecule has 4 aliphatic rings. The Morgan fingerprint density at radius 1 is 0.694 bits per heavy atom. The lowest BCUT2D eigenvalue weighted by Crippen LogP contribution is -2.51. The molecule has 0 aliphatic heterocycles. The summed E-state index contributed by atoms with van der Waals surface area (Å²) >= 11 is 1.60. The molecule has 0 atom stereocenters. The second kappa shape index (κ2) is 8.70. The number of carbonyl (C=O) groups excluding carboxylic acids is 1. The Bertz CT molecular complexity index is 1360. The topological polar surface area (TPSA) is 42.0 Å². The minimum Gasteiger partial charge on any atom is -0.301 e. The fourth-order valence-corrected chi connectivity index (χ4v) is 8.41. The molecular weight excluding hydrogens is 460 g/mol. The number of rotatable bonds is 5.